The van der Waals surface area contributed by atoms with E-state index in [4.69, 9.17) is 4.74 Å². The van der Waals surface area contributed by atoms with Crippen molar-refractivity contribution in [2.75, 3.05) is 19.7 Å². The number of ether oxygens (including phenoxy) is 1. The van der Waals surface area contributed by atoms with E-state index in [0.29, 0.717) is 18.2 Å². The summed E-state index contributed by atoms with van der Waals surface area (Å²) in [5, 5.41) is 3.73. The maximum Gasteiger partial charge on any atom is 0.0604 e. The molecule has 0 aromatic heterocycles. The van der Waals surface area contributed by atoms with E-state index in [2.05, 4.69) is 54.4 Å². The molecule has 3 nitrogen and oxygen atoms in total. The molecule has 1 aromatic rings. The Bertz CT molecular complexity index is 430. The van der Waals surface area contributed by atoms with Gasteiger partial charge in [0, 0.05) is 37.8 Å². The molecule has 1 aromatic carbocycles. The van der Waals surface area contributed by atoms with Crippen LogP contribution in [0.25, 0.3) is 0 Å². The van der Waals surface area contributed by atoms with E-state index < -0.39 is 0 Å². The predicted molar refractivity (Wildman–Crippen MR) is 86.4 cm³/mol. The van der Waals surface area contributed by atoms with Crippen LogP contribution in [0.2, 0.25) is 0 Å². The third-order valence-corrected chi connectivity index (χ3v) is 5.08. The SMILES string of the molecule is CCOC1CC(N2CC(c3ccccc3)NCC2CC)C1. The van der Waals surface area contributed by atoms with E-state index in [1.165, 1.54) is 24.8 Å². The van der Waals surface area contributed by atoms with Gasteiger partial charge >= 0.3 is 0 Å². The van der Waals surface area contributed by atoms with Crippen LogP contribution in [0, 0.1) is 0 Å². The van der Waals surface area contributed by atoms with Gasteiger partial charge in [0.2, 0.25) is 0 Å². The maximum atomic E-state index is 5.74. The molecule has 0 bridgehead atoms. The Morgan fingerprint density at radius 2 is 1.95 bits per heavy atom. The Hall–Kier alpha value is -0.900. The number of hydrogen-bond acceptors (Lipinski definition) is 3. The second kappa shape index (κ2) is 6.91. The zero-order valence-corrected chi connectivity index (χ0v) is 13.3. The Labute approximate surface area is 128 Å². The summed E-state index contributed by atoms with van der Waals surface area (Å²) < 4.78 is 5.74. The minimum Gasteiger partial charge on any atom is -0.378 e. The first-order valence-corrected chi connectivity index (χ1v) is 8.47. The number of hydrogen-bond donors (Lipinski definition) is 1. The highest BCUT2D eigenvalue weighted by Crippen LogP contribution is 2.33. The molecular weight excluding hydrogens is 260 g/mol. The summed E-state index contributed by atoms with van der Waals surface area (Å²) in [5.41, 5.74) is 1.41. The molecule has 1 heterocycles. The lowest BCUT2D eigenvalue weighted by Gasteiger charge is -2.50. The second-order valence-corrected chi connectivity index (χ2v) is 6.33. The van der Waals surface area contributed by atoms with Gasteiger partial charge in [-0.1, -0.05) is 37.3 Å². The molecule has 3 heteroatoms. The van der Waals surface area contributed by atoms with Crippen LogP contribution in [0.15, 0.2) is 30.3 Å². The van der Waals surface area contributed by atoms with Gasteiger partial charge in [-0.15, -0.1) is 0 Å². The lowest BCUT2D eigenvalue weighted by atomic mass is 9.85. The zero-order chi connectivity index (χ0) is 14.7. The van der Waals surface area contributed by atoms with Crippen LogP contribution in [-0.2, 0) is 4.74 Å². The lowest BCUT2D eigenvalue weighted by Crippen LogP contribution is -2.60. The van der Waals surface area contributed by atoms with Gasteiger partial charge in [-0.2, -0.15) is 0 Å². The zero-order valence-electron chi connectivity index (χ0n) is 13.3. The molecule has 1 saturated carbocycles. The molecule has 3 rings (SSSR count). The predicted octanol–water partition coefficient (Wildman–Crippen LogP) is 2.98. The molecule has 1 saturated heterocycles. The minimum absolute atomic E-state index is 0.472. The first-order chi connectivity index (χ1) is 10.3. The Kier molecular flexibility index (Phi) is 4.94. The van der Waals surface area contributed by atoms with Gasteiger partial charge in [-0.3, -0.25) is 4.90 Å². The summed E-state index contributed by atoms with van der Waals surface area (Å²) in [4.78, 5) is 2.74. The third-order valence-electron chi connectivity index (χ3n) is 5.08. The van der Waals surface area contributed by atoms with Crippen molar-refractivity contribution in [3.63, 3.8) is 0 Å². The van der Waals surface area contributed by atoms with Crippen LogP contribution in [-0.4, -0.2) is 42.8 Å². The van der Waals surface area contributed by atoms with Crippen molar-refractivity contribution >= 4 is 0 Å². The van der Waals surface area contributed by atoms with Gasteiger partial charge in [0.25, 0.3) is 0 Å². The molecule has 2 fully saturated rings. The fourth-order valence-electron chi connectivity index (χ4n) is 3.74. The van der Waals surface area contributed by atoms with Gasteiger partial charge in [-0.25, -0.2) is 0 Å². The summed E-state index contributed by atoms with van der Waals surface area (Å²) >= 11 is 0. The number of piperazine rings is 1. The van der Waals surface area contributed by atoms with E-state index in [1.54, 1.807) is 0 Å². The van der Waals surface area contributed by atoms with Crippen molar-refractivity contribution in [3.05, 3.63) is 35.9 Å². The van der Waals surface area contributed by atoms with Gasteiger partial charge in [-0.05, 0) is 31.7 Å². The van der Waals surface area contributed by atoms with E-state index in [0.717, 1.165) is 25.7 Å². The van der Waals surface area contributed by atoms with Crippen molar-refractivity contribution < 1.29 is 4.74 Å². The highest BCUT2D eigenvalue weighted by molar-refractivity contribution is 5.20. The van der Waals surface area contributed by atoms with Gasteiger partial charge < -0.3 is 10.1 Å². The average molecular weight is 288 g/mol. The molecule has 0 spiro atoms. The molecule has 0 amide bonds. The van der Waals surface area contributed by atoms with Crippen molar-refractivity contribution in [1.29, 1.82) is 0 Å². The van der Waals surface area contributed by atoms with Gasteiger partial charge in [0.05, 0.1) is 6.10 Å². The largest absolute Gasteiger partial charge is 0.378 e. The topological polar surface area (TPSA) is 24.5 Å². The number of benzene rings is 1. The summed E-state index contributed by atoms with van der Waals surface area (Å²) in [6.45, 7) is 7.49. The molecule has 2 atom stereocenters. The molecule has 1 aliphatic carbocycles. The van der Waals surface area contributed by atoms with Crippen molar-refractivity contribution in [1.82, 2.24) is 10.2 Å². The van der Waals surface area contributed by atoms with E-state index in [1.807, 2.05) is 0 Å². The monoisotopic (exact) mass is 288 g/mol. The van der Waals surface area contributed by atoms with Crippen LogP contribution in [0.5, 0.6) is 0 Å². The quantitative estimate of drug-likeness (QED) is 0.901. The van der Waals surface area contributed by atoms with Crippen LogP contribution < -0.4 is 5.32 Å². The van der Waals surface area contributed by atoms with Crippen LogP contribution in [0.4, 0.5) is 0 Å². The fraction of sp³-hybridized carbons (Fsp3) is 0.667. The molecule has 0 radical (unpaired) electrons. The number of nitrogens with zero attached hydrogens (tertiary/aromatic N) is 1. The first-order valence-electron chi connectivity index (χ1n) is 8.47. The van der Waals surface area contributed by atoms with Crippen LogP contribution in [0.3, 0.4) is 0 Å². The molecule has 116 valence electrons. The highest BCUT2D eigenvalue weighted by atomic mass is 16.5. The van der Waals surface area contributed by atoms with E-state index in [-0.39, 0.29) is 0 Å². The van der Waals surface area contributed by atoms with Crippen molar-refractivity contribution in [2.45, 2.75) is 57.3 Å². The lowest BCUT2D eigenvalue weighted by molar-refractivity contribution is -0.0670. The summed E-state index contributed by atoms with van der Waals surface area (Å²) in [6.07, 6.45) is 4.16. The van der Waals surface area contributed by atoms with Crippen LogP contribution >= 0.6 is 0 Å². The summed E-state index contributed by atoms with van der Waals surface area (Å²) in [6, 6.07) is 12.7. The Balaban J connectivity index is 1.63. The molecule has 2 unspecified atom stereocenters. The third kappa shape index (κ3) is 3.31. The highest BCUT2D eigenvalue weighted by Gasteiger charge is 2.39. The summed E-state index contributed by atoms with van der Waals surface area (Å²) in [7, 11) is 0. The standard InChI is InChI=1S/C18H28N2O/c1-3-15-12-19-18(14-8-6-5-7-9-14)13-20(15)16-10-17(11-16)21-4-2/h5-9,15-19H,3-4,10-13H2,1-2H3. The maximum absolute atomic E-state index is 5.74. The van der Waals surface area contributed by atoms with Crippen LogP contribution in [0.1, 0.15) is 44.7 Å². The molecular formula is C18H28N2O. The Morgan fingerprint density at radius 3 is 2.62 bits per heavy atom. The fourth-order valence-corrected chi connectivity index (χ4v) is 3.74. The smallest absolute Gasteiger partial charge is 0.0604 e. The average Bonchev–Trinajstić information content (AvgIpc) is 2.51. The molecule has 21 heavy (non-hydrogen) atoms. The summed E-state index contributed by atoms with van der Waals surface area (Å²) in [5.74, 6) is 0. The van der Waals surface area contributed by atoms with Gasteiger partial charge in [0.15, 0.2) is 0 Å². The molecule has 1 N–H and O–H groups in total. The van der Waals surface area contributed by atoms with E-state index in [9.17, 15) is 0 Å². The minimum atomic E-state index is 0.472. The second-order valence-electron chi connectivity index (χ2n) is 6.33. The number of nitrogens with one attached hydrogen (secondary N) is 1. The first kappa shape index (κ1) is 15.0. The molecule has 2 aliphatic rings. The number of rotatable bonds is 5. The van der Waals surface area contributed by atoms with Crippen molar-refractivity contribution in [3.8, 4) is 0 Å². The molecule has 1 aliphatic heterocycles. The van der Waals surface area contributed by atoms with E-state index >= 15 is 0 Å². The van der Waals surface area contributed by atoms with Gasteiger partial charge in [0.1, 0.15) is 0 Å². The normalized spacial score (nSPS) is 33.6. The van der Waals surface area contributed by atoms with Crippen molar-refractivity contribution in [2.24, 2.45) is 0 Å². The Morgan fingerprint density at radius 1 is 1.19 bits per heavy atom.